The van der Waals surface area contributed by atoms with Crippen molar-refractivity contribution in [1.82, 2.24) is 15.1 Å². The number of carbonyl (C=O) groups is 4. The van der Waals surface area contributed by atoms with Crippen molar-refractivity contribution in [3.8, 4) is 5.75 Å². The third kappa shape index (κ3) is 4.88. The number of amides is 5. The number of urea groups is 1. The molecule has 28 heavy (non-hydrogen) atoms. The van der Waals surface area contributed by atoms with Gasteiger partial charge in [-0.05, 0) is 37.0 Å². The predicted molar refractivity (Wildman–Crippen MR) is 103 cm³/mol. The van der Waals surface area contributed by atoms with Gasteiger partial charge < -0.3 is 10.1 Å². The SMILES string of the molecule is CC(C)N1C(=O)C(=O)N(CC(=O)NCCOc2ccc(C(C)(C)C)cc2)C1=O. The fraction of sp³-hybridized carbons (Fsp3) is 0.500. The predicted octanol–water partition coefficient (Wildman–Crippen LogP) is 1.68. The highest BCUT2D eigenvalue weighted by atomic mass is 16.5. The summed E-state index contributed by atoms with van der Waals surface area (Å²) < 4.78 is 5.58. The van der Waals surface area contributed by atoms with E-state index in [4.69, 9.17) is 4.74 Å². The van der Waals surface area contributed by atoms with Crippen LogP contribution in [0.15, 0.2) is 24.3 Å². The van der Waals surface area contributed by atoms with Crippen LogP contribution in [0.4, 0.5) is 4.79 Å². The van der Waals surface area contributed by atoms with Crippen LogP contribution in [0.2, 0.25) is 0 Å². The number of hydrogen-bond acceptors (Lipinski definition) is 5. The minimum absolute atomic E-state index is 0.0590. The minimum atomic E-state index is -0.982. The normalized spacial score (nSPS) is 14.9. The standard InChI is InChI=1S/C20H27N3O5/c1-13(2)23-18(26)17(25)22(19(23)27)12-16(24)21-10-11-28-15-8-6-14(7-9-15)20(3,4)5/h6-9,13H,10-12H2,1-5H3,(H,21,24). The first kappa shape index (κ1) is 21.4. The molecule has 1 aliphatic heterocycles. The summed E-state index contributed by atoms with van der Waals surface area (Å²) in [6.45, 7) is 9.58. The molecule has 5 amide bonds. The van der Waals surface area contributed by atoms with E-state index in [-0.39, 0.29) is 18.6 Å². The number of carbonyl (C=O) groups excluding carboxylic acids is 4. The van der Waals surface area contributed by atoms with E-state index >= 15 is 0 Å². The fourth-order valence-corrected chi connectivity index (χ4v) is 2.73. The summed E-state index contributed by atoms with van der Waals surface area (Å²) in [5.41, 5.74) is 1.25. The fourth-order valence-electron chi connectivity index (χ4n) is 2.73. The van der Waals surface area contributed by atoms with Gasteiger partial charge in [0.1, 0.15) is 18.9 Å². The quantitative estimate of drug-likeness (QED) is 0.435. The molecule has 0 radical (unpaired) electrons. The Bertz CT molecular complexity index is 765. The Kier molecular flexibility index (Phi) is 6.43. The molecule has 2 rings (SSSR count). The molecule has 1 N–H and O–H groups in total. The average Bonchev–Trinajstić information content (AvgIpc) is 2.82. The Morgan fingerprint density at radius 2 is 1.68 bits per heavy atom. The zero-order chi connectivity index (χ0) is 21.1. The van der Waals surface area contributed by atoms with Gasteiger partial charge in [-0.3, -0.25) is 19.3 Å². The number of rotatable bonds is 7. The molecule has 0 aliphatic carbocycles. The van der Waals surface area contributed by atoms with E-state index in [0.717, 1.165) is 4.90 Å². The Labute approximate surface area is 164 Å². The van der Waals surface area contributed by atoms with Crippen LogP contribution in [-0.4, -0.2) is 59.3 Å². The summed E-state index contributed by atoms with van der Waals surface area (Å²) >= 11 is 0. The highest BCUT2D eigenvalue weighted by Gasteiger charge is 2.46. The lowest BCUT2D eigenvalue weighted by atomic mass is 9.87. The Balaban J connectivity index is 1.78. The molecule has 1 saturated heterocycles. The molecule has 1 aliphatic rings. The Morgan fingerprint density at radius 3 is 2.18 bits per heavy atom. The monoisotopic (exact) mass is 389 g/mol. The van der Waals surface area contributed by atoms with Gasteiger partial charge >= 0.3 is 17.8 Å². The van der Waals surface area contributed by atoms with Crippen molar-refractivity contribution in [2.45, 2.75) is 46.1 Å². The lowest BCUT2D eigenvalue weighted by Gasteiger charge is -2.19. The molecule has 0 aromatic heterocycles. The van der Waals surface area contributed by atoms with E-state index < -0.39 is 36.3 Å². The van der Waals surface area contributed by atoms with Gasteiger partial charge in [-0.15, -0.1) is 0 Å². The summed E-state index contributed by atoms with van der Waals surface area (Å²) in [5.74, 6) is -1.74. The zero-order valence-electron chi connectivity index (χ0n) is 16.9. The molecule has 1 fully saturated rings. The van der Waals surface area contributed by atoms with Crippen LogP contribution >= 0.6 is 0 Å². The van der Waals surface area contributed by atoms with Crippen LogP contribution < -0.4 is 10.1 Å². The first-order valence-electron chi connectivity index (χ1n) is 9.21. The van der Waals surface area contributed by atoms with Crippen LogP contribution in [-0.2, 0) is 19.8 Å². The molecular formula is C20H27N3O5. The minimum Gasteiger partial charge on any atom is -0.492 e. The van der Waals surface area contributed by atoms with E-state index in [1.54, 1.807) is 13.8 Å². The second-order valence-corrected chi connectivity index (χ2v) is 7.92. The van der Waals surface area contributed by atoms with Gasteiger partial charge in [0, 0.05) is 6.04 Å². The van der Waals surface area contributed by atoms with Crippen LogP contribution in [0.25, 0.3) is 0 Å². The highest BCUT2D eigenvalue weighted by Crippen LogP contribution is 2.24. The molecule has 0 unspecified atom stereocenters. The largest absolute Gasteiger partial charge is 0.492 e. The summed E-state index contributed by atoms with van der Waals surface area (Å²) in [4.78, 5) is 49.3. The maximum atomic E-state index is 12.1. The number of imide groups is 2. The summed E-state index contributed by atoms with van der Waals surface area (Å²) in [6.07, 6.45) is 0. The lowest BCUT2D eigenvalue weighted by Crippen LogP contribution is -2.43. The van der Waals surface area contributed by atoms with E-state index in [9.17, 15) is 19.2 Å². The smallest absolute Gasteiger partial charge is 0.334 e. The van der Waals surface area contributed by atoms with Gasteiger partial charge in [0.25, 0.3) is 0 Å². The molecule has 1 aromatic rings. The molecule has 152 valence electrons. The Hall–Kier alpha value is -2.90. The number of nitrogens with one attached hydrogen (secondary N) is 1. The van der Waals surface area contributed by atoms with Gasteiger partial charge in [0.05, 0.1) is 6.54 Å². The summed E-state index contributed by atoms with van der Waals surface area (Å²) in [5, 5.41) is 2.58. The maximum absolute atomic E-state index is 12.1. The summed E-state index contributed by atoms with van der Waals surface area (Å²) in [7, 11) is 0. The topological polar surface area (TPSA) is 96.0 Å². The van der Waals surface area contributed by atoms with E-state index in [2.05, 4.69) is 26.1 Å². The van der Waals surface area contributed by atoms with Gasteiger partial charge in [-0.25, -0.2) is 9.69 Å². The molecule has 8 nitrogen and oxygen atoms in total. The van der Waals surface area contributed by atoms with Crippen LogP contribution in [0.5, 0.6) is 5.75 Å². The summed E-state index contributed by atoms with van der Waals surface area (Å²) in [6, 6.07) is 6.52. The van der Waals surface area contributed by atoms with E-state index in [1.165, 1.54) is 5.56 Å². The lowest BCUT2D eigenvalue weighted by molar-refractivity contribution is -0.144. The van der Waals surface area contributed by atoms with Crippen molar-refractivity contribution < 1.29 is 23.9 Å². The van der Waals surface area contributed by atoms with Crippen molar-refractivity contribution in [1.29, 1.82) is 0 Å². The zero-order valence-corrected chi connectivity index (χ0v) is 16.9. The second kappa shape index (κ2) is 8.41. The third-order valence-electron chi connectivity index (χ3n) is 4.32. The van der Waals surface area contributed by atoms with Gasteiger partial charge in [-0.1, -0.05) is 32.9 Å². The van der Waals surface area contributed by atoms with Crippen molar-refractivity contribution in [2.75, 3.05) is 19.7 Å². The van der Waals surface area contributed by atoms with Crippen molar-refractivity contribution in [3.05, 3.63) is 29.8 Å². The second-order valence-electron chi connectivity index (χ2n) is 7.92. The molecule has 0 spiro atoms. The number of hydrogen-bond donors (Lipinski definition) is 1. The third-order valence-corrected chi connectivity index (χ3v) is 4.32. The van der Waals surface area contributed by atoms with Crippen LogP contribution in [0, 0.1) is 0 Å². The van der Waals surface area contributed by atoms with Gasteiger partial charge in [0.15, 0.2) is 0 Å². The van der Waals surface area contributed by atoms with Crippen LogP contribution in [0.3, 0.4) is 0 Å². The molecule has 0 bridgehead atoms. The van der Waals surface area contributed by atoms with Crippen molar-refractivity contribution >= 4 is 23.8 Å². The molecule has 8 heteroatoms. The number of ether oxygens (including phenoxy) is 1. The molecular weight excluding hydrogens is 362 g/mol. The molecule has 0 atom stereocenters. The maximum Gasteiger partial charge on any atom is 0.334 e. The molecule has 0 saturated carbocycles. The van der Waals surface area contributed by atoms with Crippen LogP contribution in [0.1, 0.15) is 40.2 Å². The number of nitrogens with zero attached hydrogens (tertiary/aromatic N) is 2. The van der Waals surface area contributed by atoms with Crippen molar-refractivity contribution in [3.63, 3.8) is 0 Å². The first-order chi connectivity index (χ1) is 13.0. The number of benzene rings is 1. The van der Waals surface area contributed by atoms with E-state index in [1.807, 2.05) is 24.3 Å². The van der Waals surface area contributed by atoms with Crippen molar-refractivity contribution in [2.24, 2.45) is 0 Å². The highest BCUT2D eigenvalue weighted by molar-refractivity contribution is 6.45. The first-order valence-corrected chi connectivity index (χ1v) is 9.21. The van der Waals surface area contributed by atoms with Gasteiger partial charge in [0.2, 0.25) is 5.91 Å². The molecule has 1 aromatic carbocycles. The molecule has 1 heterocycles. The van der Waals surface area contributed by atoms with E-state index in [0.29, 0.717) is 10.6 Å². The van der Waals surface area contributed by atoms with Gasteiger partial charge in [-0.2, -0.15) is 0 Å². The Morgan fingerprint density at radius 1 is 1.07 bits per heavy atom. The average molecular weight is 389 g/mol.